The third-order valence-corrected chi connectivity index (χ3v) is 2.86. The van der Waals surface area contributed by atoms with Crippen molar-refractivity contribution in [3.05, 3.63) is 53.1 Å². The molecule has 0 spiro atoms. The quantitative estimate of drug-likeness (QED) is 0.622. The highest BCUT2D eigenvalue weighted by Gasteiger charge is 2.16. The number of benzene rings is 1. The van der Waals surface area contributed by atoms with E-state index >= 15 is 0 Å². The Labute approximate surface area is 101 Å². The summed E-state index contributed by atoms with van der Waals surface area (Å²) in [5.41, 5.74) is 6.43. The third kappa shape index (κ3) is 2.38. The summed E-state index contributed by atoms with van der Waals surface area (Å²) in [7, 11) is 1.97. The highest BCUT2D eigenvalue weighted by molar-refractivity contribution is 5.33. The molecule has 1 aromatic carbocycles. The van der Waals surface area contributed by atoms with Gasteiger partial charge in [-0.3, -0.25) is 5.84 Å². The van der Waals surface area contributed by atoms with E-state index in [1.54, 1.807) is 6.20 Å². The second kappa shape index (κ2) is 4.69. The summed E-state index contributed by atoms with van der Waals surface area (Å²) in [5, 5.41) is 0. The van der Waals surface area contributed by atoms with Gasteiger partial charge in [0, 0.05) is 19.4 Å². The molecule has 0 aliphatic rings. The van der Waals surface area contributed by atoms with Crippen molar-refractivity contribution in [2.75, 3.05) is 0 Å². The summed E-state index contributed by atoms with van der Waals surface area (Å²) in [6.07, 6.45) is 3.70. The molecule has 1 unspecified atom stereocenters. The second-order valence-corrected chi connectivity index (χ2v) is 4.42. The van der Waals surface area contributed by atoms with Crippen LogP contribution in [0.3, 0.4) is 0 Å². The normalized spacial score (nSPS) is 12.7. The lowest BCUT2D eigenvalue weighted by atomic mass is 10.0. The standard InChI is InChI=1S/C13H18N4/c1-9-6-10(2)8-11(7-9)12(16-14)13-15-4-5-17(13)3/h4-8,12,16H,14H2,1-3H3. The molecule has 0 bridgehead atoms. The molecular formula is C13H18N4. The predicted molar refractivity (Wildman–Crippen MR) is 68.3 cm³/mol. The zero-order chi connectivity index (χ0) is 12.4. The van der Waals surface area contributed by atoms with Gasteiger partial charge in [-0.25, -0.2) is 10.4 Å². The van der Waals surface area contributed by atoms with Gasteiger partial charge >= 0.3 is 0 Å². The first-order valence-electron chi connectivity index (χ1n) is 5.63. The molecule has 4 heteroatoms. The second-order valence-electron chi connectivity index (χ2n) is 4.42. The maximum absolute atomic E-state index is 5.66. The Kier molecular flexibility index (Phi) is 3.26. The molecule has 17 heavy (non-hydrogen) atoms. The van der Waals surface area contributed by atoms with Crippen molar-refractivity contribution >= 4 is 0 Å². The fraction of sp³-hybridized carbons (Fsp3) is 0.308. The fourth-order valence-electron chi connectivity index (χ4n) is 2.15. The number of nitrogens with one attached hydrogen (secondary N) is 1. The van der Waals surface area contributed by atoms with Crippen LogP contribution < -0.4 is 11.3 Å². The van der Waals surface area contributed by atoms with Crippen molar-refractivity contribution in [1.82, 2.24) is 15.0 Å². The molecule has 1 heterocycles. The molecule has 1 aromatic heterocycles. The molecule has 0 fully saturated rings. The number of hydrogen-bond acceptors (Lipinski definition) is 3. The molecular weight excluding hydrogens is 212 g/mol. The molecule has 90 valence electrons. The minimum atomic E-state index is -0.0754. The van der Waals surface area contributed by atoms with Gasteiger partial charge in [-0.15, -0.1) is 0 Å². The Morgan fingerprint density at radius 3 is 2.35 bits per heavy atom. The van der Waals surface area contributed by atoms with Crippen molar-refractivity contribution in [2.24, 2.45) is 12.9 Å². The van der Waals surface area contributed by atoms with E-state index in [0.717, 1.165) is 11.4 Å². The minimum absolute atomic E-state index is 0.0754. The number of aryl methyl sites for hydroxylation is 3. The fourth-order valence-corrected chi connectivity index (χ4v) is 2.15. The van der Waals surface area contributed by atoms with Gasteiger partial charge in [0.25, 0.3) is 0 Å². The summed E-state index contributed by atoms with van der Waals surface area (Å²) in [4.78, 5) is 4.34. The minimum Gasteiger partial charge on any atom is -0.336 e. The number of rotatable bonds is 3. The maximum Gasteiger partial charge on any atom is 0.131 e. The van der Waals surface area contributed by atoms with E-state index in [4.69, 9.17) is 5.84 Å². The number of hydrazine groups is 1. The number of nitrogens with two attached hydrogens (primary N) is 1. The molecule has 0 aliphatic carbocycles. The van der Waals surface area contributed by atoms with Gasteiger partial charge in [0.2, 0.25) is 0 Å². The van der Waals surface area contributed by atoms with Crippen LogP contribution in [0.1, 0.15) is 28.6 Å². The van der Waals surface area contributed by atoms with Crippen molar-refractivity contribution in [3.63, 3.8) is 0 Å². The van der Waals surface area contributed by atoms with Gasteiger partial charge in [0.1, 0.15) is 11.9 Å². The molecule has 4 nitrogen and oxygen atoms in total. The third-order valence-electron chi connectivity index (χ3n) is 2.86. The first kappa shape index (κ1) is 11.8. The molecule has 0 saturated carbocycles. The first-order valence-corrected chi connectivity index (χ1v) is 5.63. The maximum atomic E-state index is 5.66. The number of nitrogens with zero attached hydrogens (tertiary/aromatic N) is 2. The SMILES string of the molecule is Cc1cc(C)cc(C(NN)c2nccn2C)c1. The van der Waals surface area contributed by atoms with Gasteiger partial charge in [0.15, 0.2) is 0 Å². The van der Waals surface area contributed by atoms with E-state index < -0.39 is 0 Å². The number of imidazole rings is 1. The van der Waals surface area contributed by atoms with Crippen molar-refractivity contribution < 1.29 is 0 Å². The monoisotopic (exact) mass is 230 g/mol. The highest BCUT2D eigenvalue weighted by Crippen LogP contribution is 2.21. The van der Waals surface area contributed by atoms with Crippen LogP contribution in [-0.2, 0) is 7.05 Å². The van der Waals surface area contributed by atoms with Crippen LogP contribution in [0.4, 0.5) is 0 Å². The molecule has 0 radical (unpaired) electrons. The smallest absolute Gasteiger partial charge is 0.131 e. The molecule has 2 rings (SSSR count). The Hall–Kier alpha value is -1.65. The largest absolute Gasteiger partial charge is 0.336 e. The lowest BCUT2D eigenvalue weighted by Gasteiger charge is -2.17. The van der Waals surface area contributed by atoms with Gasteiger partial charge in [-0.1, -0.05) is 29.3 Å². The summed E-state index contributed by atoms with van der Waals surface area (Å²) < 4.78 is 1.97. The lowest BCUT2D eigenvalue weighted by Crippen LogP contribution is -2.30. The number of hydrogen-bond donors (Lipinski definition) is 2. The summed E-state index contributed by atoms with van der Waals surface area (Å²) in [6.45, 7) is 4.17. The Morgan fingerprint density at radius 2 is 1.88 bits per heavy atom. The topological polar surface area (TPSA) is 55.9 Å². The van der Waals surface area contributed by atoms with Gasteiger partial charge < -0.3 is 4.57 Å². The average molecular weight is 230 g/mol. The van der Waals surface area contributed by atoms with E-state index in [1.807, 2.05) is 17.8 Å². The van der Waals surface area contributed by atoms with Crippen molar-refractivity contribution in [1.29, 1.82) is 0 Å². The molecule has 0 amide bonds. The van der Waals surface area contributed by atoms with Crippen LogP contribution in [0.15, 0.2) is 30.6 Å². The van der Waals surface area contributed by atoms with Crippen LogP contribution in [-0.4, -0.2) is 9.55 Å². The predicted octanol–water partition coefficient (Wildman–Crippen LogP) is 1.59. The summed E-state index contributed by atoms with van der Waals surface area (Å²) >= 11 is 0. The lowest BCUT2D eigenvalue weighted by molar-refractivity contribution is 0.579. The Balaban J connectivity index is 2.45. The Morgan fingerprint density at radius 1 is 1.24 bits per heavy atom. The van der Waals surface area contributed by atoms with Crippen molar-refractivity contribution in [3.8, 4) is 0 Å². The van der Waals surface area contributed by atoms with E-state index in [-0.39, 0.29) is 6.04 Å². The molecule has 3 N–H and O–H groups in total. The van der Waals surface area contributed by atoms with Crippen LogP contribution >= 0.6 is 0 Å². The number of aromatic nitrogens is 2. The van der Waals surface area contributed by atoms with Gasteiger partial charge in [0.05, 0.1) is 0 Å². The summed E-state index contributed by atoms with van der Waals surface area (Å²) in [5.74, 6) is 6.58. The molecule has 2 aromatic rings. The highest BCUT2D eigenvalue weighted by atomic mass is 15.3. The van der Waals surface area contributed by atoms with Crippen LogP contribution in [0, 0.1) is 13.8 Å². The molecule has 0 aliphatic heterocycles. The van der Waals surface area contributed by atoms with E-state index in [1.165, 1.54) is 11.1 Å². The van der Waals surface area contributed by atoms with Gasteiger partial charge in [-0.05, 0) is 19.4 Å². The van der Waals surface area contributed by atoms with E-state index in [9.17, 15) is 0 Å². The molecule has 1 atom stereocenters. The average Bonchev–Trinajstić information content (AvgIpc) is 2.65. The molecule has 0 saturated heterocycles. The zero-order valence-corrected chi connectivity index (χ0v) is 10.4. The zero-order valence-electron chi connectivity index (χ0n) is 10.4. The van der Waals surface area contributed by atoms with Crippen molar-refractivity contribution in [2.45, 2.75) is 19.9 Å². The van der Waals surface area contributed by atoms with E-state index in [2.05, 4.69) is 42.5 Å². The van der Waals surface area contributed by atoms with E-state index in [0.29, 0.717) is 0 Å². The Bertz CT molecular complexity index is 496. The van der Waals surface area contributed by atoms with Gasteiger partial charge in [-0.2, -0.15) is 0 Å². The summed E-state index contributed by atoms with van der Waals surface area (Å²) in [6, 6.07) is 6.34. The van der Waals surface area contributed by atoms with Crippen LogP contribution in [0.5, 0.6) is 0 Å². The van der Waals surface area contributed by atoms with Crippen LogP contribution in [0.25, 0.3) is 0 Å². The van der Waals surface area contributed by atoms with Crippen LogP contribution in [0.2, 0.25) is 0 Å². The first-order chi connectivity index (χ1) is 8.11.